The molecule has 0 aromatic carbocycles. The molecule has 1 aromatic heterocycles. The lowest BCUT2D eigenvalue weighted by molar-refractivity contribution is -0.123. The van der Waals surface area contributed by atoms with Crippen LogP contribution in [-0.2, 0) is 11.2 Å². The number of carbonyl (C=O) groups excluding carboxylic acids is 1. The Morgan fingerprint density at radius 3 is 2.67 bits per heavy atom. The molecule has 7 heteroatoms. The molecule has 0 bridgehead atoms. The van der Waals surface area contributed by atoms with Crippen molar-refractivity contribution in [1.29, 1.82) is 0 Å². The Morgan fingerprint density at radius 1 is 1.29 bits per heavy atom. The lowest BCUT2D eigenvalue weighted by atomic mass is 9.92. The maximum atomic E-state index is 11.9. The van der Waals surface area contributed by atoms with Crippen LogP contribution in [0.25, 0.3) is 0 Å². The average molecular weight is 295 g/mol. The molecule has 4 N–H and O–H groups in total. The number of carbonyl (C=O) groups is 1. The van der Waals surface area contributed by atoms with Gasteiger partial charge in [0.1, 0.15) is 0 Å². The fourth-order valence-electron chi connectivity index (χ4n) is 2.72. The molecule has 0 saturated heterocycles. The molecule has 0 radical (unpaired) electrons. The third-order valence-corrected chi connectivity index (χ3v) is 3.93. The van der Waals surface area contributed by atoms with Crippen molar-refractivity contribution in [3.05, 3.63) is 32.1 Å². The Bertz CT molecular complexity index is 619. The molecule has 21 heavy (non-hydrogen) atoms. The van der Waals surface area contributed by atoms with Gasteiger partial charge in [-0.1, -0.05) is 12.8 Å². The summed E-state index contributed by atoms with van der Waals surface area (Å²) in [4.78, 5) is 39.3. The van der Waals surface area contributed by atoms with Crippen molar-refractivity contribution >= 4 is 5.91 Å². The van der Waals surface area contributed by atoms with Crippen LogP contribution in [-0.4, -0.2) is 33.1 Å². The maximum absolute atomic E-state index is 11.9. The summed E-state index contributed by atoms with van der Waals surface area (Å²) < 4.78 is 0. The van der Waals surface area contributed by atoms with E-state index in [9.17, 15) is 19.5 Å². The van der Waals surface area contributed by atoms with Gasteiger partial charge in [0.25, 0.3) is 5.56 Å². The van der Waals surface area contributed by atoms with Gasteiger partial charge >= 0.3 is 5.69 Å². The maximum Gasteiger partial charge on any atom is 0.325 e. The average Bonchev–Trinajstić information content (AvgIpc) is 2.40. The summed E-state index contributed by atoms with van der Waals surface area (Å²) in [6.45, 7) is 1.63. The van der Waals surface area contributed by atoms with Gasteiger partial charge in [-0.05, 0) is 26.2 Å². The van der Waals surface area contributed by atoms with Gasteiger partial charge in [-0.2, -0.15) is 0 Å². The smallest absolute Gasteiger partial charge is 0.325 e. The van der Waals surface area contributed by atoms with Crippen molar-refractivity contribution < 1.29 is 9.90 Å². The van der Waals surface area contributed by atoms with Gasteiger partial charge in [0.15, 0.2) is 0 Å². The number of amides is 1. The number of H-pyrrole nitrogens is 2. The van der Waals surface area contributed by atoms with Gasteiger partial charge in [-0.15, -0.1) is 0 Å². The minimum absolute atomic E-state index is 0.152. The van der Waals surface area contributed by atoms with E-state index in [1.807, 2.05) is 0 Å². The van der Waals surface area contributed by atoms with Crippen LogP contribution in [0.5, 0.6) is 0 Å². The molecular weight excluding hydrogens is 274 g/mol. The minimum atomic E-state index is -0.545. The van der Waals surface area contributed by atoms with Crippen molar-refractivity contribution in [2.45, 2.75) is 57.6 Å². The fraction of sp³-hybridized carbons (Fsp3) is 0.643. The zero-order valence-corrected chi connectivity index (χ0v) is 12.1. The molecular formula is C14H21N3O4. The quantitative estimate of drug-likeness (QED) is 0.611. The van der Waals surface area contributed by atoms with Gasteiger partial charge < -0.3 is 15.4 Å². The Hall–Kier alpha value is -1.89. The van der Waals surface area contributed by atoms with E-state index in [2.05, 4.69) is 15.3 Å². The molecule has 1 heterocycles. The van der Waals surface area contributed by atoms with Gasteiger partial charge in [0.05, 0.1) is 12.1 Å². The molecule has 1 fully saturated rings. The van der Waals surface area contributed by atoms with Crippen LogP contribution in [0.1, 0.15) is 43.4 Å². The van der Waals surface area contributed by atoms with Crippen LogP contribution in [0.15, 0.2) is 9.59 Å². The zero-order valence-electron chi connectivity index (χ0n) is 12.1. The highest BCUT2D eigenvalue weighted by Crippen LogP contribution is 2.18. The molecule has 0 unspecified atom stereocenters. The van der Waals surface area contributed by atoms with Crippen LogP contribution in [0.4, 0.5) is 0 Å². The Labute approximate surface area is 121 Å². The van der Waals surface area contributed by atoms with Crippen molar-refractivity contribution in [3.8, 4) is 0 Å². The van der Waals surface area contributed by atoms with E-state index in [-0.39, 0.29) is 24.8 Å². The molecule has 1 aromatic rings. The van der Waals surface area contributed by atoms with Gasteiger partial charge in [0.2, 0.25) is 5.91 Å². The molecule has 2 rings (SSSR count). The second-order valence-corrected chi connectivity index (χ2v) is 5.54. The number of nitrogens with one attached hydrogen (secondary N) is 3. The van der Waals surface area contributed by atoms with Gasteiger partial charge in [0, 0.05) is 17.7 Å². The number of hydrogen-bond donors (Lipinski definition) is 4. The summed E-state index contributed by atoms with van der Waals surface area (Å²) in [6.07, 6.45) is 3.40. The van der Waals surface area contributed by atoms with Crippen LogP contribution in [0, 0.1) is 6.92 Å². The molecule has 1 aliphatic rings. The monoisotopic (exact) mass is 295 g/mol. The highest BCUT2D eigenvalue weighted by Gasteiger charge is 2.24. The summed E-state index contributed by atoms with van der Waals surface area (Å²) >= 11 is 0. The second-order valence-electron chi connectivity index (χ2n) is 5.54. The number of aliphatic hydroxyl groups excluding tert-OH is 1. The number of rotatable bonds is 4. The topological polar surface area (TPSA) is 115 Å². The fourth-order valence-corrected chi connectivity index (χ4v) is 2.72. The summed E-state index contributed by atoms with van der Waals surface area (Å²) in [6, 6.07) is -0.193. The highest BCUT2D eigenvalue weighted by atomic mass is 16.3. The Balaban J connectivity index is 1.92. The van der Waals surface area contributed by atoms with E-state index in [0.717, 1.165) is 19.3 Å². The zero-order chi connectivity index (χ0) is 15.4. The molecule has 2 atom stereocenters. The van der Waals surface area contributed by atoms with Crippen molar-refractivity contribution in [2.24, 2.45) is 0 Å². The van der Waals surface area contributed by atoms with E-state index in [0.29, 0.717) is 17.7 Å². The Morgan fingerprint density at radius 2 is 2.00 bits per heavy atom. The summed E-state index contributed by atoms with van der Waals surface area (Å²) in [5.74, 6) is -0.189. The summed E-state index contributed by atoms with van der Waals surface area (Å²) in [5, 5.41) is 12.6. The molecule has 0 spiro atoms. The first-order chi connectivity index (χ1) is 9.97. The van der Waals surface area contributed by atoms with Crippen LogP contribution in [0.2, 0.25) is 0 Å². The van der Waals surface area contributed by atoms with Crippen LogP contribution in [0.3, 0.4) is 0 Å². The van der Waals surface area contributed by atoms with Crippen LogP contribution >= 0.6 is 0 Å². The first-order valence-electron chi connectivity index (χ1n) is 7.27. The van der Waals surface area contributed by atoms with E-state index in [1.165, 1.54) is 0 Å². The lowest BCUT2D eigenvalue weighted by Gasteiger charge is -2.28. The van der Waals surface area contributed by atoms with Gasteiger partial charge in [-0.25, -0.2) is 4.79 Å². The molecule has 1 saturated carbocycles. The number of hydrogen-bond acceptors (Lipinski definition) is 4. The first-order valence-corrected chi connectivity index (χ1v) is 7.27. The Kier molecular flexibility index (Phi) is 4.95. The molecule has 0 aliphatic heterocycles. The third-order valence-electron chi connectivity index (χ3n) is 3.93. The number of aromatic nitrogens is 2. The predicted octanol–water partition coefficient (Wildman–Crippen LogP) is -0.276. The molecule has 1 amide bonds. The van der Waals surface area contributed by atoms with Crippen LogP contribution < -0.4 is 16.6 Å². The van der Waals surface area contributed by atoms with Crippen molar-refractivity contribution in [3.63, 3.8) is 0 Å². The second kappa shape index (κ2) is 6.71. The predicted molar refractivity (Wildman–Crippen MR) is 77.1 cm³/mol. The molecule has 1 aliphatic carbocycles. The highest BCUT2D eigenvalue weighted by molar-refractivity contribution is 5.76. The number of aliphatic hydroxyl groups is 1. The van der Waals surface area contributed by atoms with Gasteiger partial charge in [-0.3, -0.25) is 14.6 Å². The standard InChI is InChI=1S/C14H21N3O4/c1-8-9(13(20)17-14(21)15-8)6-7-12(19)16-10-4-2-3-5-11(10)18/h10-11,18H,2-7H2,1H3,(H,16,19)(H2,15,17,20,21)/t10-,11-/m1/s1. The SMILES string of the molecule is Cc1[nH]c(=O)[nH]c(=O)c1CCC(=O)N[C@@H]1CCCC[C@H]1O. The van der Waals surface area contributed by atoms with Crippen molar-refractivity contribution in [2.75, 3.05) is 0 Å². The summed E-state index contributed by atoms with van der Waals surface area (Å²) in [7, 11) is 0. The molecule has 116 valence electrons. The largest absolute Gasteiger partial charge is 0.391 e. The minimum Gasteiger partial charge on any atom is -0.391 e. The lowest BCUT2D eigenvalue weighted by Crippen LogP contribution is -2.45. The molecule has 7 nitrogen and oxygen atoms in total. The van der Waals surface area contributed by atoms with E-state index >= 15 is 0 Å². The van der Waals surface area contributed by atoms with E-state index in [4.69, 9.17) is 0 Å². The van der Waals surface area contributed by atoms with Crippen molar-refractivity contribution in [1.82, 2.24) is 15.3 Å². The first kappa shape index (κ1) is 15.5. The normalized spacial score (nSPS) is 22.0. The number of aromatic amines is 2. The van der Waals surface area contributed by atoms with E-state index < -0.39 is 17.4 Å². The van der Waals surface area contributed by atoms with E-state index in [1.54, 1.807) is 6.92 Å². The third kappa shape index (κ3) is 4.04. The number of aryl methyl sites for hydroxylation is 1. The summed E-state index contributed by atoms with van der Waals surface area (Å²) in [5.41, 5.74) is -0.110.